The van der Waals surface area contributed by atoms with Crippen LogP contribution < -0.4 is 15.5 Å². The number of pyridine rings is 1. The largest absolute Gasteiger partial charge is 0.630 e. The Labute approximate surface area is 103 Å². The molecule has 0 amide bonds. The fraction of sp³-hybridized carbons (Fsp3) is 0.0833. The number of anilines is 2. The quantitative estimate of drug-likeness (QED) is 0.808. The first-order chi connectivity index (χ1) is 8.72. The van der Waals surface area contributed by atoms with Gasteiger partial charge < -0.3 is 20.7 Å². The molecule has 0 aliphatic heterocycles. The Kier molecular flexibility index (Phi) is 3.71. The van der Waals surface area contributed by atoms with Crippen molar-refractivity contribution < 1.29 is 14.6 Å². The van der Waals surface area contributed by atoms with Crippen LogP contribution in [0, 0.1) is 11.0 Å². The van der Waals surface area contributed by atoms with Gasteiger partial charge in [-0.25, -0.2) is 9.37 Å². The smallest absolute Gasteiger partial charge is 0.165 e. The molecule has 0 radical (unpaired) electrons. The van der Waals surface area contributed by atoms with E-state index in [0.29, 0.717) is 17.2 Å². The molecule has 6 heteroatoms. The third-order valence-corrected chi connectivity index (χ3v) is 2.34. The Bertz CT molecular complexity index is 549. The molecular weight excluding hydrogens is 237 g/mol. The molecule has 1 aromatic heterocycles. The van der Waals surface area contributed by atoms with Gasteiger partial charge in [-0.2, -0.15) is 0 Å². The van der Waals surface area contributed by atoms with Crippen LogP contribution in [0.5, 0.6) is 5.75 Å². The molecule has 18 heavy (non-hydrogen) atoms. The summed E-state index contributed by atoms with van der Waals surface area (Å²) >= 11 is 0. The average molecular weight is 249 g/mol. The van der Waals surface area contributed by atoms with Crippen LogP contribution in [0.3, 0.4) is 0 Å². The van der Waals surface area contributed by atoms with Gasteiger partial charge in [0, 0.05) is 30.1 Å². The lowest BCUT2D eigenvalue weighted by Crippen LogP contribution is -2.70. The first kappa shape index (κ1) is 12.3. The lowest BCUT2D eigenvalue weighted by molar-refractivity contribution is -0.497. The number of hydrogen-bond acceptors (Lipinski definition) is 4. The summed E-state index contributed by atoms with van der Waals surface area (Å²) in [5, 5.41) is 13.6. The molecule has 0 saturated heterocycles. The van der Waals surface area contributed by atoms with Gasteiger partial charge in [0.25, 0.3) is 0 Å². The van der Waals surface area contributed by atoms with E-state index in [-0.39, 0.29) is 5.75 Å². The summed E-state index contributed by atoms with van der Waals surface area (Å²) in [5.74, 6) is 0.220. The highest BCUT2D eigenvalue weighted by molar-refractivity contribution is 5.60. The predicted molar refractivity (Wildman–Crippen MR) is 65.4 cm³/mol. The summed E-state index contributed by atoms with van der Waals surface area (Å²) < 4.78 is 18.1. The first-order valence-electron chi connectivity index (χ1n) is 5.24. The maximum atomic E-state index is 13.2. The minimum Gasteiger partial charge on any atom is -0.630 e. The Morgan fingerprint density at radius 3 is 2.89 bits per heavy atom. The number of benzene rings is 1. The van der Waals surface area contributed by atoms with Gasteiger partial charge in [0.2, 0.25) is 0 Å². The van der Waals surface area contributed by atoms with Crippen LogP contribution in [-0.4, -0.2) is 12.1 Å². The first-order valence-corrected chi connectivity index (χ1v) is 5.24. The molecule has 0 aliphatic carbocycles. The zero-order chi connectivity index (χ0) is 13.0. The van der Waals surface area contributed by atoms with Crippen molar-refractivity contribution in [2.45, 2.75) is 0 Å². The van der Waals surface area contributed by atoms with Gasteiger partial charge in [-0.3, -0.25) is 0 Å². The summed E-state index contributed by atoms with van der Waals surface area (Å²) in [5.41, 5.74) is 1.88. The maximum absolute atomic E-state index is 13.2. The van der Waals surface area contributed by atoms with Crippen LogP contribution in [0.15, 0.2) is 36.5 Å². The van der Waals surface area contributed by atoms with Crippen molar-refractivity contribution in [3.63, 3.8) is 0 Å². The molecule has 1 heterocycles. The number of halogens is 1. The van der Waals surface area contributed by atoms with E-state index in [1.165, 1.54) is 25.4 Å². The zero-order valence-corrected chi connectivity index (χ0v) is 9.68. The summed E-state index contributed by atoms with van der Waals surface area (Å²) in [6.07, 6.45) is 1.52. The Morgan fingerprint density at radius 1 is 1.33 bits per heavy atom. The van der Waals surface area contributed by atoms with Crippen molar-refractivity contribution >= 4 is 17.2 Å². The van der Waals surface area contributed by atoms with E-state index in [1.54, 1.807) is 18.2 Å². The lowest BCUT2D eigenvalue weighted by Gasteiger charge is -2.09. The van der Waals surface area contributed by atoms with E-state index in [1.807, 2.05) is 0 Å². The maximum Gasteiger partial charge on any atom is 0.165 e. The van der Waals surface area contributed by atoms with Gasteiger partial charge in [0.1, 0.15) is 11.5 Å². The Balaban J connectivity index is 2.22. The highest BCUT2D eigenvalue weighted by atomic mass is 19.1. The van der Waals surface area contributed by atoms with Gasteiger partial charge >= 0.3 is 0 Å². The van der Waals surface area contributed by atoms with Crippen LogP contribution >= 0.6 is 0 Å². The second-order valence-electron chi connectivity index (χ2n) is 3.57. The second-order valence-corrected chi connectivity index (χ2v) is 3.57. The van der Waals surface area contributed by atoms with Crippen molar-refractivity contribution in [1.29, 1.82) is 0 Å². The van der Waals surface area contributed by atoms with E-state index in [2.05, 4.69) is 10.3 Å². The molecule has 2 rings (SSSR count). The monoisotopic (exact) mass is 249 g/mol. The second kappa shape index (κ2) is 5.44. The van der Waals surface area contributed by atoms with Gasteiger partial charge in [0.15, 0.2) is 11.6 Å². The number of aromatic nitrogens is 1. The fourth-order valence-electron chi connectivity index (χ4n) is 1.47. The van der Waals surface area contributed by atoms with E-state index < -0.39 is 5.82 Å². The molecular formula is C12H12FN3O2. The topological polar surface area (TPSA) is 73.8 Å². The average Bonchev–Trinajstić information content (AvgIpc) is 2.41. The minimum atomic E-state index is -0.433. The van der Waals surface area contributed by atoms with Crippen molar-refractivity contribution in [3.05, 3.63) is 47.6 Å². The summed E-state index contributed by atoms with van der Waals surface area (Å²) in [6.45, 7) is 0. The van der Waals surface area contributed by atoms with Gasteiger partial charge in [0.05, 0.1) is 7.11 Å². The SMILES string of the molecule is COc1cc(Nc2cc([NH2+][O-])ccn2)ccc1F. The minimum absolute atomic E-state index is 0.145. The number of rotatable bonds is 4. The number of nitrogens with one attached hydrogen (secondary N) is 1. The molecule has 94 valence electrons. The van der Waals surface area contributed by atoms with Crippen LogP contribution in [-0.2, 0) is 0 Å². The van der Waals surface area contributed by atoms with Crippen LogP contribution in [0.25, 0.3) is 0 Å². The van der Waals surface area contributed by atoms with Crippen molar-refractivity contribution in [2.24, 2.45) is 0 Å². The van der Waals surface area contributed by atoms with E-state index >= 15 is 0 Å². The molecule has 5 nitrogen and oxygen atoms in total. The molecule has 3 N–H and O–H groups in total. The third-order valence-electron chi connectivity index (χ3n) is 2.34. The van der Waals surface area contributed by atoms with E-state index in [4.69, 9.17) is 4.74 Å². The van der Waals surface area contributed by atoms with Gasteiger partial charge in [-0.05, 0) is 12.1 Å². The standard InChI is InChI=1S/C12H12FN3O2/c1-18-11-6-8(2-3-10(11)13)15-12-7-9(16-17)4-5-14-12/h2-7H,16H2,1H3,(H,14,15). The fourth-order valence-corrected chi connectivity index (χ4v) is 1.47. The number of nitrogens with two attached hydrogens (primary N) is 1. The van der Waals surface area contributed by atoms with Gasteiger partial charge in [-0.15, -0.1) is 0 Å². The van der Waals surface area contributed by atoms with Crippen LogP contribution in [0.2, 0.25) is 0 Å². The molecule has 1 aromatic carbocycles. The number of quaternary nitrogens is 1. The predicted octanol–water partition coefficient (Wildman–Crippen LogP) is 1.67. The Morgan fingerprint density at radius 2 is 2.17 bits per heavy atom. The van der Waals surface area contributed by atoms with Crippen molar-refractivity contribution in [3.8, 4) is 5.75 Å². The number of methoxy groups -OCH3 is 1. The molecule has 0 fully saturated rings. The molecule has 0 bridgehead atoms. The lowest BCUT2D eigenvalue weighted by atomic mass is 10.3. The Hall–Kier alpha value is -2.18. The third kappa shape index (κ3) is 2.73. The molecule has 2 aromatic rings. The number of nitrogens with zero attached hydrogens (tertiary/aromatic N) is 1. The molecule has 0 aliphatic rings. The normalized spacial score (nSPS) is 10.2. The van der Waals surface area contributed by atoms with Crippen LogP contribution in [0.1, 0.15) is 0 Å². The summed E-state index contributed by atoms with van der Waals surface area (Å²) in [6, 6.07) is 7.58. The van der Waals surface area contributed by atoms with Crippen LogP contribution in [0.4, 0.5) is 21.6 Å². The van der Waals surface area contributed by atoms with E-state index in [9.17, 15) is 9.60 Å². The molecule has 0 spiro atoms. The zero-order valence-electron chi connectivity index (χ0n) is 9.68. The highest BCUT2D eigenvalue weighted by Gasteiger charge is 2.04. The van der Waals surface area contributed by atoms with Crippen molar-refractivity contribution in [2.75, 3.05) is 12.4 Å². The number of ether oxygens (including phenoxy) is 1. The van der Waals surface area contributed by atoms with Crippen molar-refractivity contribution in [1.82, 2.24) is 4.98 Å². The summed E-state index contributed by atoms with van der Waals surface area (Å²) in [4.78, 5) is 4.06. The highest BCUT2D eigenvalue weighted by Crippen LogP contribution is 2.23. The number of hydrogen-bond donors (Lipinski definition) is 2. The molecule has 0 atom stereocenters. The van der Waals surface area contributed by atoms with E-state index in [0.717, 1.165) is 5.48 Å². The molecule has 0 unspecified atom stereocenters. The summed E-state index contributed by atoms with van der Waals surface area (Å²) in [7, 11) is 1.40. The van der Waals surface area contributed by atoms with Gasteiger partial charge in [-0.1, -0.05) is 0 Å². The molecule has 0 saturated carbocycles.